The molecule has 0 spiro atoms. The second kappa shape index (κ2) is 10.5. The van der Waals surface area contributed by atoms with Crippen LogP contribution in [0.15, 0.2) is 77.7 Å². The van der Waals surface area contributed by atoms with E-state index < -0.39 is 10.0 Å². The second-order valence-electron chi connectivity index (χ2n) is 8.74. The van der Waals surface area contributed by atoms with Gasteiger partial charge in [0, 0.05) is 37.3 Å². The smallest absolute Gasteiger partial charge is 0.243 e. The predicted molar refractivity (Wildman–Crippen MR) is 136 cm³/mol. The third kappa shape index (κ3) is 5.67. The van der Waals surface area contributed by atoms with Crippen molar-refractivity contribution in [3.05, 3.63) is 95.1 Å². The van der Waals surface area contributed by atoms with Gasteiger partial charge in [-0.05, 0) is 43.2 Å². The van der Waals surface area contributed by atoms with E-state index in [0.717, 1.165) is 11.1 Å². The lowest BCUT2D eigenvalue weighted by Gasteiger charge is -2.33. The van der Waals surface area contributed by atoms with Gasteiger partial charge in [0.25, 0.3) is 0 Å². The number of carbonyl (C=O) groups excluding carboxylic acids is 2. The van der Waals surface area contributed by atoms with Crippen LogP contribution in [0.25, 0.3) is 0 Å². The van der Waals surface area contributed by atoms with Crippen molar-refractivity contribution in [2.45, 2.75) is 18.7 Å². The van der Waals surface area contributed by atoms with E-state index in [9.17, 15) is 18.0 Å². The number of hydrogen-bond acceptors (Lipinski definition) is 5. The minimum atomic E-state index is -3.59. The molecule has 35 heavy (non-hydrogen) atoms. The van der Waals surface area contributed by atoms with E-state index in [1.165, 1.54) is 4.31 Å². The zero-order valence-corrected chi connectivity index (χ0v) is 20.7. The van der Waals surface area contributed by atoms with Crippen molar-refractivity contribution < 1.29 is 18.0 Å². The predicted octanol–water partition coefficient (Wildman–Crippen LogP) is 3.48. The van der Waals surface area contributed by atoms with E-state index >= 15 is 0 Å². The molecule has 1 aliphatic heterocycles. The SMILES string of the molecule is Cc1ccc(C)c(S(=O)(=O)N2CCN(CC(=O)Nc3ccccc3C(=O)c3ccccc3)CC2)c1. The summed E-state index contributed by atoms with van der Waals surface area (Å²) in [5.41, 5.74) is 3.06. The van der Waals surface area contributed by atoms with Crippen LogP contribution in [0.4, 0.5) is 5.69 Å². The molecule has 3 aromatic rings. The first-order valence-electron chi connectivity index (χ1n) is 11.5. The van der Waals surface area contributed by atoms with Gasteiger partial charge in [-0.25, -0.2) is 8.42 Å². The van der Waals surface area contributed by atoms with Crippen molar-refractivity contribution in [3.8, 4) is 0 Å². The highest BCUT2D eigenvalue weighted by Gasteiger charge is 2.30. The van der Waals surface area contributed by atoms with Gasteiger partial charge in [-0.15, -0.1) is 0 Å². The molecule has 182 valence electrons. The van der Waals surface area contributed by atoms with Crippen LogP contribution in [-0.4, -0.2) is 62.0 Å². The van der Waals surface area contributed by atoms with Gasteiger partial charge in [0.05, 0.1) is 17.1 Å². The van der Waals surface area contributed by atoms with E-state index in [4.69, 9.17) is 0 Å². The number of para-hydroxylation sites is 1. The molecule has 7 nitrogen and oxygen atoms in total. The molecule has 8 heteroatoms. The third-order valence-corrected chi connectivity index (χ3v) is 8.18. The minimum Gasteiger partial charge on any atom is -0.324 e. The molecule has 0 atom stereocenters. The quantitative estimate of drug-likeness (QED) is 0.512. The standard InChI is InChI=1S/C27H29N3O4S/c1-20-12-13-21(2)25(18-20)35(33,34)30-16-14-29(15-17-30)19-26(31)28-24-11-7-6-10-23(24)27(32)22-8-4-3-5-9-22/h3-13,18H,14-17,19H2,1-2H3,(H,28,31). The van der Waals surface area contributed by atoms with Gasteiger partial charge >= 0.3 is 0 Å². The molecule has 1 saturated heterocycles. The number of nitrogens with zero attached hydrogens (tertiary/aromatic N) is 2. The summed E-state index contributed by atoms with van der Waals surface area (Å²) in [5, 5.41) is 2.86. The molecule has 3 aromatic carbocycles. The summed E-state index contributed by atoms with van der Waals surface area (Å²) < 4.78 is 27.8. The number of anilines is 1. The zero-order chi connectivity index (χ0) is 25.0. The van der Waals surface area contributed by atoms with Crippen molar-refractivity contribution in [2.24, 2.45) is 0 Å². The number of aryl methyl sites for hydroxylation is 2. The monoisotopic (exact) mass is 491 g/mol. The molecule has 1 heterocycles. The Morgan fingerprint density at radius 1 is 0.857 bits per heavy atom. The highest BCUT2D eigenvalue weighted by Crippen LogP contribution is 2.23. The van der Waals surface area contributed by atoms with Crippen LogP contribution in [0.5, 0.6) is 0 Å². The lowest BCUT2D eigenvalue weighted by Crippen LogP contribution is -2.50. The molecule has 1 N–H and O–H groups in total. The molecule has 1 aliphatic rings. The van der Waals surface area contributed by atoms with Gasteiger partial charge < -0.3 is 5.32 Å². The van der Waals surface area contributed by atoms with Gasteiger partial charge in [0.15, 0.2) is 5.78 Å². The van der Waals surface area contributed by atoms with Crippen LogP contribution in [0, 0.1) is 13.8 Å². The first-order valence-corrected chi connectivity index (χ1v) is 13.0. The number of amides is 1. The van der Waals surface area contributed by atoms with Crippen LogP contribution >= 0.6 is 0 Å². The van der Waals surface area contributed by atoms with Crippen molar-refractivity contribution in [2.75, 3.05) is 38.0 Å². The van der Waals surface area contributed by atoms with E-state index in [1.54, 1.807) is 61.5 Å². The fraction of sp³-hybridized carbons (Fsp3) is 0.259. The number of nitrogens with one attached hydrogen (secondary N) is 1. The van der Waals surface area contributed by atoms with E-state index in [0.29, 0.717) is 47.9 Å². The Kier molecular flexibility index (Phi) is 7.45. The van der Waals surface area contributed by atoms with Gasteiger partial charge in [-0.1, -0.05) is 54.6 Å². The first kappa shape index (κ1) is 24.8. The molecule has 0 aliphatic carbocycles. The van der Waals surface area contributed by atoms with Crippen LogP contribution in [-0.2, 0) is 14.8 Å². The lowest BCUT2D eigenvalue weighted by molar-refractivity contribution is -0.117. The lowest BCUT2D eigenvalue weighted by atomic mass is 10.0. The molecule has 1 amide bonds. The average Bonchev–Trinajstić information content (AvgIpc) is 2.86. The maximum absolute atomic E-state index is 13.1. The first-order chi connectivity index (χ1) is 16.8. The van der Waals surface area contributed by atoms with Gasteiger partial charge in [0.2, 0.25) is 15.9 Å². The zero-order valence-electron chi connectivity index (χ0n) is 19.9. The normalized spacial score (nSPS) is 15.0. The van der Waals surface area contributed by atoms with Crippen LogP contribution in [0.2, 0.25) is 0 Å². The Labute approximate surface area is 206 Å². The minimum absolute atomic E-state index is 0.116. The Hall–Kier alpha value is -3.33. The fourth-order valence-corrected chi connectivity index (χ4v) is 5.91. The van der Waals surface area contributed by atoms with Crippen molar-refractivity contribution in [1.82, 2.24) is 9.21 Å². The average molecular weight is 492 g/mol. The largest absolute Gasteiger partial charge is 0.324 e. The van der Waals surface area contributed by atoms with Crippen molar-refractivity contribution >= 4 is 27.4 Å². The number of sulfonamides is 1. The van der Waals surface area contributed by atoms with E-state index in [2.05, 4.69) is 5.32 Å². The summed E-state index contributed by atoms with van der Waals surface area (Å²) in [7, 11) is -3.59. The Morgan fingerprint density at radius 3 is 2.23 bits per heavy atom. The summed E-state index contributed by atoms with van der Waals surface area (Å²) in [6.45, 7) is 5.31. The fourth-order valence-electron chi connectivity index (χ4n) is 4.18. The van der Waals surface area contributed by atoms with Gasteiger partial charge in [-0.3, -0.25) is 14.5 Å². The van der Waals surface area contributed by atoms with Gasteiger partial charge in [0.1, 0.15) is 0 Å². The van der Waals surface area contributed by atoms with Crippen molar-refractivity contribution in [3.63, 3.8) is 0 Å². The maximum atomic E-state index is 13.1. The number of piperazine rings is 1. The number of benzene rings is 3. The molecule has 0 aromatic heterocycles. The van der Waals surface area contributed by atoms with Crippen molar-refractivity contribution in [1.29, 1.82) is 0 Å². The van der Waals surface area contributed by atoms with E-state index in [-0.39, 0.29) is 18.2 Å². The number of hydrogen-bond donors (Lipinski definition) is 1. The number of rotatable bonds is 7. The van der Waals surface area contributed by atoms with Crippen LogP contribution in [0.1, 0.15) is 27.0 Å². The Morgan fingerprint density at radius 2 is 1.51 bits per heavy atom. The maximum Gasteiger partial charge on any atom is 0.243 e. The molecular weight excluding hydrogens is 462 g/mol. The second-order valence-corrected chi connectivity index (χ2v) is 10.6. The van der Waals surface area contributed by atoms with Crippen LogP contribution < -0.4 is 5.32 Å². The summed E-state index contributed by atoms with van der Waals surface area (Å²) >= 11 is 0. The number of carbonyl (C=O) groups is 2. The molecule has 0 unspecified atom stereocenters. The summed E-state index contributed by atoms with van der Waals surface area (Å²) in [4.78, 5) is 27.9. The molecular formula is C27H29N3O4S. The topological polar surface area (TPSA) is 86.8 Å². The highest BCUT2D eigenvalue weighted by molar-refractivity contribution is 7.89. The van der Waals surface area contributed by atoms with E-state index in [1.807, 2.05) is 30.0 Å². The summed E-state index contributed by atoms with van der Waals surface area (Å²) in [6, 6.07) is 21.3. The molecule has 0 radical (unpaired) electrons. The van der Waals surface area contributed by atoms with Gasteiger partial charge in [-0.2, -0.15) is 4.31 Å². The molecule has 0 bridgehead atoms. The molecule has 1 fully saturated rings. The summed E-state index contributed by atoms with van der Waals surface area (Å²) in [5.74, 6) is -0.407. The van der Waals surface area contributed by atoms with Crippen LogP contribution in [0.3, 0.4) is 0 Å². The number of ketones is 1. The Balaban J connectivity index is 1.37. The third-order valence-electron chi connectivity index (χ3n) is 6.14. The highest BCUT2D eigenvalue weighted by atomic mass is 32.2. The molecule has 0 saturated carbocycles. The summed E-state index contributed by atoms with van der Waals surface area (Å²) in [6.07, 6.45) is 0. The molecule has 4 rings (SSSR count). The Bertz CT molecular complexity index is 1330.